The average molecular weight is 349 g/mol. The second-order valence-electron chi connectivity index (χ2n) is 4.18. The number of unbranched alkanes of at least 4 members (excludes halogenated alkanes) is 2. The van der Waals surface area contributed by atoms with Crippen molar-refractivity contribution in [2.24, 2.45) is 5.11 Å². The molecule has 0 aromatic carbocycles. The number of aromatic nitrogens is 1. The summed E-state index contributed by atoms with van der Waals surface area (Å²) in [5.41, 5.74) is 11.7. The fourth-order valence-electron chi connectivity index (χ4n) is 1.79. The molecule has 0 saturated heterocycles. The Hall–Kier alpha value is -0.620. The molecule has 1 aromatic heterocycles. The lowest BCUT2D eigenvalue weighted by Gasteiger charge is -1.98. The molecular formula is C12H21BrN4OS. The van der Waals surface area contributed by atoms with Gasteiger partial charge in [-0.2, -0.15) is 4.57 Å². The van der Waals surface area contributed by atoms with E-state index in [0.717, 1.165) is 38.8 Å². The summed E-state index contributed by atoms with van der Waals surface area (Å²) in [4.78, 5) is 4.16. The summed E-state index contributed by atoms with van der Waals surface area (Å²) in [6.45, 7) is 4.61. The van der Waals surface area contributed by atoms with Crippen LogP contribution in [-0.2, 0) is 17.7 Å². The lowest BCUT2D eigenvalue weighted by molar-refractivity contribution is -0.698. The summed E-state index contributed by atoms with van der Waals surface area (Å²) in [6.07, 6.45) is 4.21. The Kier molecular flexibility index (Phi) is 10.9. The van der Waals surface area contributed by atoms with Gasteiger partial charge in [-0.1, -0.05) is 16.5 Å². The van der Waals surface area contributed by atoms with E-state index in [4.69, 9.17) is 10.3 Å². The number of hydrogen-bond acceptors (Lipinski definition) is 3. The largest absolute Gasteiger partial charge is 1.00 e. The summed E-state index contributed by atoms with van der Waals surface area (Å²) in [6, 6.07) is 0. The number of methoxy groups -OCH3 is 1. The number of halogens is 1. The molecule has 0 saturated carbocycles. The van der Waals surface area contributed by atoms with Crippen LogP contribution in [-0.4, -0.2) is 20.3 Å². The predicted octanol–water partition coefficient (Wildman–Crippen LogP) is 0.0175. The number of aryl methyl sites for hydroxylation is 1. The molecule has 1 heterocycles. The molecule has 0 spiro atoms. The van der Waals surface area contributed by atoms with Gasteiger partial charge >= 0.3 is 0 Å². The van der Waals surface area contributed by atoms with Crippen LogP contribution >= 0.6 is 11.3 Å². The van der Waals surface area contributed by atoms with Gasteiger partial charge in [-0.05, 0) is 18.4 Å². The summed E-state index contributed by atoms with van der Waals surface area (Å²) in [5.74, 6) is 0. The lowest BCUT2D eigenvalue weighted by Crippen LogP contribution is -3.00. The Balaban J connectivity index is 0.00000324. The molecule has 0 N–H and O–H groups in total. The molecule has 0 aliphatic heterocycles. The van der Waals surface area contributed by atoms with Crippen molar-refractivity contribution in [2.45, 2.75) is 39.2 Å². The molecular weight excluding hydrogens is 328 g/mol. The molecule has 7 heteroatoms. The molecule has 1 aromatic rings. The van der Waals surface area contributed by atoms with Gasteiger partial charge in [-0.25, -0.2) is 0 Å². The molecule has 108 valence electrons. The molecule has 0 radical (unpaired) electrons. The van der Waals surface area contributed by atoms with Crippen molar-refractivity contribution in [1.82, 2.24) is 0 Å². The van der Waals surface area contributed by atoms with E-state index >= 15 is 0 Å². The topological polar surface area (TPSA) is 61.9 Å². The maximum absolute atomic E-state index is 8.16. The minimum absolute atomic E-state index is 0. The zero-order chi connectivity index (χ0) is 13.2. The van der Waals surface area contributed by atoms with Crippen LogP contribution in [0.25, 0.3) is 10.4 Å². The second kappa shape index (κ2) is 11.2. The van der Waals surface area contributed by atoms with Gasteiger partial charge in [0.1, 0.15) is 6.54 Å². The summed E-state index contributed by atoms with van der Waals surface area (Å²) in [7, 11) is 1.74. The molecule has 1 rings (SSSR count). The van der Waals surface area contributed by atoms with E-state index in [2.05, 4.69) is 27.0 Å². The van der Waals surface area contributed by atoms with Crippen molar-refractivity contribution in [1.29, 1.82) is 0 Å². The lowest BCUT2D eigenvalue weighted by atomic mass is 10.2. The highest BCUT2D eigenvalue weighted by Crippen LogP contribution is 2.12. The van der Waals surface area contributed by atoms with E-state index in [1.54, 1.807) is 18.4 Å². The number of hydrogen-bond donors (Lipinski definition) is 0. The standard InChI is InChI=1S/C12H21N4OS.BrH/c1-11-12(6-9-17-2)18-10-16(11)8-5-3-4-7-14-15-13;/h10H,3-9H2,1-2H3;1H/q+1;/p-1. The molecule has 0 bridgehead atoms. The number of ether oxygens (including phenoxy) is 1. The fraction of sp³-hybridized carbons (Fsp3) is 0.750. The summed E-state index contributed by atoms with van der Waals surface area (Å²) in [5, 5.41) is 3.53. The zero-order valence-corrected chi connectivity index (χ0v) is 13.9. The van der Waals surface area contributed by atoms with E-state index in [1.807, 2.05) is 0 Å². The molecule has 5 nitrogen and oxygen atoms in total. The minimum atomic E-state index is 0. The van der Waals surface area contributed by atoms with Crippen molar-refractivity contribution >= 4 is 11.3 Å². The number of nitrogens with zero attached hydrogens (tertiary/aromatic N) is 4. The van der Waals surface area contributed by atoms with Crippen LogP contribution in [0.15, 0.2) is 10.6 Å². The van der Waals surface area contributed by atoms with Gasteiger partial charge < -0.3 is 21.7 Å². The Bertz CT molecular complexity index is 404. The van der Waals surface area contributed by atoms with Gasteiger partial charge in [0.15, 0.2) is 5.69 Å². The highest BCUT2D eigenvalue weighted by atomic mass is 79.9. The van der Waals surface area contributed by atoms with Crippen LogP contribution in [0.2, 0.25) is 0 Å². The highest BCUT2D eigenvalue weighted by molar-refractivity contribution is 7.09. The number of azide groups is 1. The van der Waals surface area contributed by atoms with Gasteiger partial charge in [-0.15, -0.1) is 0 Å². The van der Waals surface area contributed by atoms with Crippen LogP contribution < -0.4 is 21.5 Å². The molecule has 0 unspecified atom stereocenters. The molecule has 0 aliphatic carbocycles. The second-order valence-corrected chi connectivity index (χ2v) is 5.12. The van der Waals surface area contributed by atoms with Gasteiger partial charge in [0.25, 0.3) is 0 Å². The first-order chi connectivity index (χ1) is 8.79. The van der Waals surface area contributed by atoms with Crippen LogP contribution in [0.5, 0.6) is 0 Å². The molecule has 0 aliphatic rings. The quantitative estimate of drug-likeness (QED) is 0.204. The van der Waals surface area contributed by atoms with Crippen LogP contribution in [0.4, 0.5) is 0 Å². The summed E-state index contributed by atoms with van der Waals surface area (Å²) < 4.78 is 7.41. The van der Waals surface area contributed by atoms with Crippen molar-refractivity contribution in [3.05, 3.63) is 26.5 Å². The molecule has 0 amide bonds. The first-order valence-electron chi connectivity index (χ1n) is 6.25. The fourth-order valence-corrected chi connectivity index (χ4v) is 2.80. The maximum Gasteiger partial charge on any atom is 0.225 e. The highest BCUT2D eigenvalue weighted by Gasteiger charge is 2.13. The molecule has 0 atom stereocenters. The van der Waals surface area contributed by atoms with Gasteiger partial charge in [-0.3, -0.25) is 0 Å². The monoisotopic (exact) mass is 348 g/mol. The first kappa shape index (κ1) is 18.4. The predicted molar refractivity (Wildman–Crippen MR) is 72.7 cm³/mol. The number of thiazole rings is 1. The van der Waals surface area contributed by atoms with Crippen molar-refractivity contribution in [3.8, 4) is 0 Å². The van der Waals surface area contributed by atoms with E-state index in [-0.39, 0.29) is 17.0 Å². The third-order valence-electron chi connectivity index (χ3n) is 2.91. The Labute approximate surface area is 129 Å². The third-order valence-corrected chi connectivity index (χ3v) is 4.05. The summed E-state index contributed by atoms with van der Waals surface area (Å²) >= 11 is 1.80. The van der Waals surface area contributed by atoms with E-state index in [1.165, 1.54) is 10.6 Å². The van der Waals surface area contributed by atoms with Gasteiger partial charge in [0.2, 0.25) is 5.51 Å². The Morgan fingerprint density at radius 1 is 1.42 bits per heavy atom. The average Bonchev–Trinajstić information content (AvgIpc) is 2.72. The van der Waals surface area contributed by atoms with Gasteiger partial charge in [0, 0.05) is 38.3 Å². The molecule has 19 heavy (non-hydrogen) atoms. The zero-order valence-electron chi connectivity index (χ0n) is 11.5. The van der Waals surface area contributed by atoms with Crippen LogP contribution in [0.3, 0.4) is 0 Å². The van der Waals surface area contributed by atoms with Crippen molar-refractivity contribution < 1.29 is 26.3 Å². The number of rotatable bonds is 9. The van der Waals surface area contributed by atoms with E-state index in [9.17, 15) is 0 Å². The minimum Gasteiger partial charge on any atom is -1.00 e. The maximum atomic E-state index is 8.16. The van der Waals surface area contributed by atoms with Gasteiger partial charge in [0.05, 0.1) is 11.5 Å². The van der Waals surface area contributed by atoms with Crippen molar-refractivity contribution in [2.75, 3.05) is 20.3 Å². The molecule has 0 fully saturated rings. The van der Waals surface area contributed by atoms with Crippen LogP contribution in [0.1, 0.15) is 29.8 Å². The van der Waals surface area contributed by atoms with E-state index < -0.39 is 0 Å². The third kappa shape index (κ3) is 6.92. The smallest absolute Gasteiger partial charge is 0.225 e. The first-order valence-corrected chi connectivity index (χ1v) is 7.13. The Morgan fingerprint density at radius 2 is 2.21 bits per heavy atom. The van der Waals surface area contributed by atoms with Crippen molar-refractivity contribution in [3.63, 3.8) is 0 Å². The normalized spacial score (nSPS) is 9.79. The Morgan fingerprint density at radius 3 is 2.89 bits per heavy atom. The van der Waals surface area contributed by atoms with E-state index in [0.29, 0.717) is 6.54 Å². The SMILES string of the molecule is COCCc1sc[n+](CCCCCN=[N+]=[N-])c1C.[Br-]. The van der Waals surface area contributed by atoms with Crippen LogP contribution in [0, 0.1) is 6.92 Å².